The third-order valence-corrected chi connectivity index (χ3v) is 6.97. The van der Waals surface area contributed by atoms with E-state index in [-0.39, 0.29) is 12.6 Å². The highest BCUT2D eigenvalue weighted by atomic mass is 16.3. The zero-order chi connectivity index (χ0) is 23.9. The largest absolute Gasteiger partial charge is 0.396 e. The van der Waals surface area contributed by atoms with Crippen LogP contribution in [0.3, 0.4) is 0 Å². The van der Waals surface area contributed by atoms with Crippen molar-refractivity contribution >= 4 is 11.2 Å². The molecule has 35 heavy (non-hydrogen) atoms. The minimum Gasteiger partial charge on any atom is -0.396 e. The predicted molar refractivity (Wildman–Crippen MR) is 134 cm³/mol. The van der Waals surface area contributed by atoms with Crippen molar-refractivity contribution in [3.05, 3.63) is 76.7 Å². The summed E-state index contributed by atoms with van der Waals surface area (Å²) in [6, 6.07) is 17.2. The fourth-order valence-electron chi connectivity index (χ4n) is 5.38. The predicted octanol–water partition coefficient (Wildman–Crippen LogP) is 4.22. The van der Waals surface area contributed by atoms with Gasteiger partial charge in [0.15, 0.2) is 5.65 Å². The number of aliphatic hydroxyl groups is 1. The lowest BCUT2D eigenvalue weighted by Gasteiger charge is -2.18. The first-order valence-corrected chi connectivity index (χ1v) is 12.1. The van der Waals surface area contributed by atoms with E-state index < -0.39 is 0 Å². The molecule has 1 atom stereocenters. The van der Waals surface area contributed by atoms with Crippen molar-refractivity contribution in [3.63, 3.8) is 0 Å². The number of aliphatic hydroxyl groups excluding tert-OH is 1. The number of aryl methyl sites for hydroxylation is 3. The smallest absolute Gasteiger partial charge is 0.205 e. The number of benzene rings is 2. The highest BCUT2D eigenvalue weighted by Gasteiger charge is 2.29. The molecule has 0 aliphatic heterocycles. The second-order valence-electron chi connectivity index (χ2n) is 9.08. The summed E-state index contributed by atoms with van der Waals surface area (Å²) in [6.45, 7) is 4.32. The molecule has 0 saturated heterocycles. The third kappa shape index (κ3) is 3.61. The maximum absolute atomic E-state index is 9.47. The molecule has 1 aliphatic carbocycles. The van der Waals surface area contributed by atoms with Gasteiger partial charge in [0.1, 0.15) is 11.3 Å². The number of rotatable bonds is 6. The van der Waals surface area contributed by atoms with Crippen molar-refractivity contribution in [1.82, 2.24) is 35.2 Å². The molecule has 0 radical (unpaired) electrons. The summed E-state index contributed by atoms with van der Waals surface area (Å²) in [5, 5.41) is 24.1. The molecule has 6 rings (SSSR count). The van der Waals surface area contributed by atoms with Crippen molar-refractivity contribution in [2.24, 2.45) is 0 Å². The lowest BCUT2D eigenvalue weighted by Crippen LogP contribution is -2.12. The Balaban J connectivity index is 1.44. The van der Waals surface area contributed by atoms with Gasteiger partial charge in [0.25, 0.3) is 0 Å². The number of aromatic amines is 1. The Morgan fingerprint density at radius 1 is 1.09 bits per heavy atom. The monoisotopic (exact) mass is 465 g/mol. The Hall–Kier alpha value is -3.91. The van der Waals surface area contributed by atoms with Gasteiger partial charge in [-0.1, -0.05) is 49.4 Å². The quantitative estimate of drug-likeness (QED) is 0.389. The zero-order valence-corrected chi connectivity index (χ0v) is 19.9. The highest BCUT2D eigenvalue weighted by Crippen LogP contribution is 2.40. The van der Waals surface area contributed by atoms with Crippen molar-refractivity contribution in [1.29, 1.82) is 0 Å². The number of hydrogen-bond acceptors (Lipinski definition) is 6. The molecule has 2 N–H and O–H groups in total. The molecule has 0 spiro atoms. The summed E-state index contributed by atoms with van der Waals surface area (Å²) >= 11 is 0. The van der Waals surface area contributed by atoms with Crippen LogP contribution in [0.2, 0.25) is 0 Å². The van der Waals surface area contributed by atoms with Crippen LogP contribution in [-0.4, -0.2) is 46.9 Å². The summed E-state index contributed by atoms with van der Waals surface area (Å²) in [5.41, 5.74) is 9.78. The molecule has 8 heteroatoms. The van der Waals surface area contributed by atoms with E-state index in [4.69, 9.17) is 9.97 Å². The number of pyridine rings is 1. The molecule has 3 heterocycles. The lowest BCUT2D eigenvalue weighted by atomic mass is 9.96. The van der Waals surface area contributed by atoms with Gasteiger partial charge in [0.2, 0.25) is 5.82 Å². The first-order chi connectivity index (χ1) is 17.2. The van der Waals surface area contributed by atoms with E-state index in [2.05, 4.69) is 63.3 Å². The fraction of sp³-hybridized carbons (Fsp3) is 0.296. The van der Waals surface area contributed by atoms with E-state index in [0.717, 1.165) is 64.2 Å². The van der Waals surface area contributed by atoms with Crippen LogP contribution in [0, 0.1) is 6.92 Å². The molecule has 0 bridgehead atoms. The summed E-state index contributed by atoms with van der Waals surface area (Å²) in [6.07, 6.45) is 3.39. The lowest BCUT2D eigenvalue weighted by molar-refractivity contribution is 0.298. The first kappa shape index (κ1) is 21.6. The van der Waals surface area contributed by atoms with E-state index in [1.807, 2.05) is 24.3 Å². The van der Waals surface area contributed by atoms with Gasteiger partial charge in [-0.3, -0.25) is 0 Å². The molecule has 2 aromatic carbocycles. The summed E-state index contributed by atoms with van der Waals surface area (Å²) in [5.74, 6) is 1.65. The molecule has 0 saturated carbocycles. The Morgan fingerprint density at radius 3 is 2.71 bits per heavy atom. The normalized spacial score (nSPS) is 15.1. The molecular formula is C27H27N7O. The van der Waals surface area contributed by atoms with Crippen molar-refractivity contribution < 1.29 is 5.11 Å². The average molecular weight is 466 g/mol. The number of aromatic nitrogens is 7. The van der Waals surface area contributed by atoms with Crippen LogP contribution in [0.1, 0.15) is 47.6 Å². The van der Waals surface area contributed by atoms with Crippen LogP contribution in [0.25, 0.3) is 33.7 Å². The van der Waals surface area contributed by atoms with Gasteiger partial charge in [-0.2, -0.15) is 5.21 Å². The molecule has 5 aromatic rings. The molecular weight excluding hydrogens is 438 g/mol. The minimum atomic E-state index is 0.0904. The maximum atomic E-state index is 9.47. The van der Waals surface area contributed by atoms with Gasteiger partial charge < -0.3 is 9.67 Å². The van der Waals surface area contributed by atoms with Crippen LogP contribution >= 0.6 is 0 Å². The minimum absolute atomic E-state index is 0.0904. The number of imidazole rings is 1. The number of nitrogens with one attached hydrogen (secondary N) is 1. The Kier molecular flexibility index (Phi) is 5.37. The summed E-state index contributed by atoms with van der Waals surface area (Å²) < 4.78 is 2.34. The van der Waals surface area contributed by atoms with Crippen molar-refractivity contribution in [2.75, 3.05) is 6.61 Å². The molecule has 0 unspecified atom stereocenters. The molecule has 1 aliphatic rings. The van der Waals surface area contributed by atoms with Gasteiger partial charge in [-0.05, 0) is 58.9 Å². The van der Waals surface area contributed by atoms with Gasteiger partial charge in [0.05, 0.1) is 6.04 Å². The van der Waals surface area contributed by atoms with Crippen molar-refractivity contribution in [3.8, 4) is 22.5 Å². The fourth-order valence-corrected chi connectivity index (χ4v) is 5.38. The standard InChI is InChI=1S/C27H27N7O/c1-3-24-29-25-16(2)14-19(12-13-35)28-27(25)34(24)23-11-9-18-15-17(8-10-21(18)23)20-6-4-5-7-22(20)26-30-32-33-31-26/h4-8,10,14-15,23,35H,3,9,11-13H2,1-2H3,(H,30,31,32,33)/t23-/m0/s1. The molecule has 176 valence electrons. The second-order valence-corrected chi connectivity index (χ2v) is 9.08. The molecule has 0 fully saturated rings. The van der Waals surface area contributed by atoms with Crippen LogP contribution in [0.5, 0.6) is 0 Å². The zero-order valence-electron chi connectivity index (χ0n) is 19.9. The SMILES string of the molecule is CCc1nc2c(C)cc(CCO)nc2n1[C@H]1CCc2cc(-c3ccccc3-c3nn[nH]n3)ccc21. The summed E-state index contributed by atoms with van der Waals surface area (Å²) in [4.78, 5) is 9.90. The van der Waals surface area contributed by atoms with Gasteiger partial charge in [-0.25, -0.2) is 9.97 Å². The number of H-pyrrole nitrogens is 1. The van der Waals surface area contributed by atoms with Gasteiger partial charge in [-0.15, -0.1) is 10.2 Å². The third-order valence-electron chi connectivity index (χ3n) is 6.97. The van der Waals surface area contributed by atoms with Crippen LogP contribution in [0.4, 0.5) is 0 Å². The van der Waals surface area contributed by atoms with Crippen LogP contribution in [-0.2, 0) is 19.3 Å². The van der Waals surface area contributed by atoms with E-state index in [0.29, 0.717) is 12.2 Å². The number of hydrogen-bond donors (Lipinski definition) is 2. The van der Waals surface area contributed by atoms with Gasteiger partial charge in [0, 0.05) is 30.7 Å². The van der Waals surface area contributed by atoms with Crippen molar-refractivity contribution in [2.45, 2.75) is 45.6 Å². The van der Waals surface area contributed by atoms with E-state index in [1.54, 1.807) is 0 Å². The molecule has 8 nitrogen and oxygen atoms in total. The Labute approximate surface area is 203 Å². The Bertz CT molecular complexity index is 1520. The molecule has 0 amide bonds. The average Bonchev–Trinajstić information content (AvgIpc) is 3.62. The highest BCUT2D eigenvalue weighted by molar-refractivity contribution is 5.81. The van der Waals surface area contributed by atoms with E-state index in [9.17, 15) is 5.11 Å². The topological polar surface area (TPSA) is 105 Å². The van der Waals surface area contributed by atoms with Crippen LogP contribution in [0.15, 0.2) is 48.5 Å². The maximum Gasteiger partial charge on any atom is 0.205 e. The molecule has 3 aromatic heterocycles. The Morgan fingerprint density at radius 2 is 1.94 bits per heavy atom. The van der Waals surface area contributed by atoms with Crippen LogP contribution < -0.4 is 0 Å². The van der Waals surface area contributed by atoms with E-state index >= 15 is 0 Å². The number of fused-ring (bicyclic) bond motifs is 2. The number of tetrazole rings is 1. The van der Waals surface area contributed by atoms with Gasteiger partial charge >= 0.3 is 0 Å². The number of nitrogens with zero attached hydrogens (tertiary/aromatic N) is 6. The second kappa shape index (κ2) is 8.70. The summed E-state index contributed by atoms with van der Waals surface area (Å²) in [7, 11) is 0. The van der Waals surface area contributed by atoms with E-state index in [1.165, 1.54) is 11.1 Å². The first-order valence-electron chi connectivity index (χ1n) is 12.1.